The number of carbonyl (C=O) groups is 1. The standard InChI is InChI=1S/C22H26FN5O/c1-5-27(6-2)19-11-7-17(8-12-19)15-26(4)22(29)21-24-16(3)28(25-21)20-13-9-18(23)10-14-20/h7-14H,5-6,15H2,1-4H3. The molecule has 6 nitrogen and oxygen atoms in total. The van der Waals surface area contributed by atoms with Gasteiger partial charge in [-0.2, -0.15) is 0 Å². The van der Waals surface area contributed by atoms with E-state index in [0.717, 1.165) is 18.7 Å². The Morgan fingerprint density at radius 1 is 1.03 bits per heavy atom. The number of rotatable bonds is 7. The predicted molar refractivity (Wildman–Crippen MR) is 112 cm³/mol. The van der Waals surface area contributed by atoms with Gasteiger partial charge in [-0.1, -0.05) is 12.1 Å². The predicted octanol–water partition coefficient (Wildman–Crippen LogP) is 3.83. The van der Waals surface area contributed by atoms with Gasteiger partial charge in [-0.05, 0) is 62.7 Å². The van der Waals surface area contributed by atoms with E-state index in [-0.39, 0.29) is 17.5 Å². The van der Waals surface area contributed by atoms with Gasteiger partial charge in [0.15, 0.2) is 0 Å². The highest BCUT2D eigenvalue weighted by Gasteiger charge is 2.19. The van der Waals surface area contributed by atoms with Crippen molar-refractivity contribution < 1.29 is 9.18 Å². The lowest BCUT2D eigenvalue weighted by Crippen LogP contribution is -2.27. The molecule has 152 valence electrons. The molecule has 0 N–H and O–H groups in total. The first-order valence-corrected chi connectivity index (χ1v) is 9.71. The molecule has 0 unspecified atom stereocenters. The van der Waals surface area contributed by atoms with E-state index in [1.165, 1.54) is 17.8 Å². The lowest BCUT2D eigenvalue weighted by Gasteiger charge is -2.21. The maximum Gasteiger partial charge on any atom is 0.293 e. The average molecular weight is 395 g/mol. The van der Waals surface area contributed by atoms with Gasteiger partial charge in [0.2, 0.25) is 5.82 Å². The first-order valence-electron chi connectivity index (χ1n) is 9.71. The van der Waals surface area contributed by atoms with Crippen LogP contribution < -0.4 is 4.90 Å². The van der Waals surface area contributed by atoms with E-state index in [4.69, 9.17) is 0 Å². The van der Waals surface area contributed by atoms with Crippen molar-refractivity contribution in [2.75, 3.05) is 25.0 Å². The Morgan fingerprint density at radius 3 is 2.24 bits per heavy atom. The van der Waals surface area contributed by atoms with Crippen molar-refractivity contribution in [3.8, 4) is 5.69 Å². The monoisotopic (exact) mass is 395 g/mol. The summed E-state index contributed by atoms with van der Waals surface area (Å²) in [7, 11) is 1.73. The minimum absolute atomic E-state index is 0.120. The third-order valence-electron chi connectivity index (χ3n) is 4.86. The van der Waals surface area contributed by atoms with E-state index in [2.05, 4.69) is 41.0 Å². The number of aryl methyl sites for hydroxylation is 1. The number of halogens is 1. The van der Waals surface area contributed by atoms with Gasteiger partial charge in [0, 0.05) is 32.4 Å². The van der Waals surface area contributed by atoms with E-state index in [1.807, 2.05) is 12.1 Å². The minimum Gasteiger partial charge on any atom is -0.372 e. The number of amides is 1. The number of carbonyl (C=O) groups excluding carboxylic acids is 1. The highest BCUT2D eigenvalue weighted by Crippen LogP contribution is 2.17. The second-order valence-electron chi connectivity index (χ2n) is 6.87. The number of hydrogen-bond acceptors (Lipinski definition) is 4. The van der Waals surface area contributed by atoms with Gasteiger partial charge >= 0.3 is 0 Å². The van der Waals surface area contributed by atoms with Crippen molar-refractivity contribution >= 4 is 11.6 Å². The Bertz CT molecular complexity index is 962. The fourth-order valence-corrected chi connectivity index (χ4v) is 3.22. The van der Waals surface area contributed by atoms with Crippen molar-refractivity contribution in [2.24, 2.45) is 0 Å². The number of nitrogens with zero attached hydrogens (tertiary/aromatic N) is 5. The van der Waals surface area contributed by atoms with E-state index in [0.29, 0.717) is 18.1 Å². The molecule has 0 fully saturated rings. The molecule has 7 heteroatoms. The summed E-state index contributed by atoms with van der Waals surface area (Å²) in [4.78, 5) is 20.9. The lowest BCUT2D eigenvalue weighted by molar-refractivity contribution is 0.0773. The van der Waals surface area contributed by atoms with Gasteiger partial charge in [0.25, 0.3) is 5.91 Å². The van der Waals surface area contributed by atoms with Crippen molar-refractivity contribution in [2.45, 2.75) is 27.3 Å². The average Bonchev–Trinajstić information content (AvgIpc) is 3.11. The maximum absolute atomic E-state index is 13.2. The van der Waals surface area contributed by atoms with Crippen LogP contribution in [-0.2, 0) is 6.54 Å². The first-order chi connectivity index (χ1) is 13.9. The Labute approximate surface area is 170 Å². The van der Waals surface area contributed by atoms with Crippen LogP contribution in [0.1, 0.15) is 35.9 Å². The van der Waals surface area contributed by atoms with Crippen molar-refractivity contribution in [3.63, 3.8) is 0 Å². The summed E-state index contributed by atoms with van der Waals surface area (Å²) in [6.07, 6.45) is 0. The third kappa shape index (κ3) is 4.62. The molecule has 0 saturated heterocycles. The lowest BCUT2D eigenvalue weighted by atomic mass is 10.2. The van der Waals surface area contributed by atoms with E-state index < -0.39 is 0 Å². The number of aromatic nitrogens is 3. The second-order valence-corrected chi connectivity index (χ2v) is 6.87. The highest BCUT2D eigenvalue weighted by atomic mass is 19.1. The normalized spacial score (nSPS) is 10.8. The van der Waals surface area contributed by atoms with Gasteiger partial charge in [0.1, 0.15) is 11.6 Å². The Hall–Kier alpha value is -3.22. The largest absolute Gasteiger partial charge is 0.372 e. The van der Waals surface area contributed by atoms with Crippen molar-refractivity contribution in [3.05, 3.63) is 71.6 Å². The van der Waals surface area contributed by atoms with Crippen molar-refractivity contribution in [1.29, 1.82) is 0 Å². The molecule has 0 aliphatic rings. The highest BCUT2D eigenvalue weighted by molar-refractivity contribution is 5.90. The topological polar surface area (TPSA) is 54.3 Å². The molecule has 3 rings (SSSR count). The first kappa shape index (κ1) is 20.5. The molecule has 3 aromatic rings. The van der Waals surface area contributed by atoms with Gasteiger partial charge in [-0.15, -0.1) is 5.10 Å². The fourth-order valence-electron chi connectivity index (χ4n) is 3.22. The number of benzene rings is 2. The van der Waals surface area contributed by atoms with Crippen LogP contribution in [0.2, 0.25) is 0 Å². The van der Waals surface area contributed by atoms with Crippen LogP contribution in [0.4, 0.5) is 10.1 Å². The Kier molecular flexibility index (Phi) is 6.26. The molecule has 0 aliphatic carbocycles. The number of anilines is 1. The summed E-state index contributed by atoms with van der Waals surface area (Å²) in [5.74, 6) is 0.0994. The molecule has 0 bridgehead atoms. The molecule has 1 aromatic heterocycles. The van der Waals surface area contributed by atoms with E-state index >= 15 is 0 Å². The van der Waals surface area contributed by atoms with Crippen LogP contribution in [0.15, 0.2) is 48.5 Å². The fraction of sp³-hybridized carbons (Fsp3) is 0.318. The van der Waals surface area contributed by atoms with Crippen LogP contribution >= 0.6 is 0 Å². The smallest absolute Gasteiger partial charge is 0.293 e. The van der Waals surface area contributed by atoms with Gasteiger partial charge < -0.3 is 9.80 Å². The molecule has 0 atom stereocenters. The molecule has 0 aliphatic heterocycles. The molecule has 1 amide bonds. The molecule has 2 aromatic carbocycles. The maximum atomic E-state index is 13.2. The second kappa shape index (κ2) is 8.86. The SMILES string of the molecule is CCN(CC)c1ccc(CN(C)C(=O)c2nc(C)n(-c3ccc(F)cc3)n2)cc1. The molecule has 0 spiro atoms. The quantitative estimate of drug-likeness (QED) is 0.610. The summed E-state index contributed by atoms with van der Waals surface area (Å²) in [5.41, 5.74) is 2.86. The summed E-state index contributed by atoms with van der Waals surface area (Å²) in [6.45, 7) is 8.39. The van der Waals surface area contributed by atoms with Gasteiger partial charge in [-0.3, -0.25) is 4.79 Å². The van der Waals surface area contributed by atoms with E-state index in [1.54, 1.807) is 35.7 Å². The zero-order chi connectivity index (χ0) is 21.0. The van der Waals surface area contributed by atoms with Crippen molar-refractivity contribution in [1.82, 2.24) is 19.7 Å². The van der Waals surface area contributed by atoms with Crippen LogP contribution in [0.3, 0.4) is 0 Å². The van der Waals surface area contributed by atoms with Crippen LogP contribution in [0, 0.1) is 12.7 Å². The molecular weight excluding hydrogens is 369 g/mol. The Balaban J connectivity index is 1.72. The third-order valence-corrected chi connectivity index (χ3v) is 4.86. The van der Waals surface area contributed by atoms with Gasteiger partial charge in [-0.25, -0.2) is 14.1 Å². The summed E-state index contributed by atoms with van der Waals surface area (Å²) in [5, 5.41) is 4.32. The zero-order valence-electron chi connectivity index (χ0n) is 17.3. The number of hydrogen-bond donors (Lipinski definition) is 0. The van der Waals surface area contributed by atoms with Crippen LogP contribution in [-0.4, -0.2) is 45.7 Å². The van der Waals surface area contributed by atoms with Gasteiger partial charge in [0.05, 0.1) is 5.69 Å². The molecule has 0 radical (unpaired) electrons. The summed E-state index contributed by atoms with van der Waals surface area (Å²) >= 11 is 0. The Morgan fingerprint density at radius 2 is 1.66 bits per heavy atom. The summed E-state index contributed by atoms with van der Waals surface area (Å²) < 4.78 is 14.7. The van der Waals surface area contributed by atoms with Crippen LogP contribution in [0.25, 0.3) is 5.69 Å². The van der Waals surface area contributed by atoms with Crippen LogP contribution in [0.5, 0.6) is 0 Å². The molecule has 1 heterocycles. The molecule has 0 saturated carbocycles. The van der Waals surface area contributed by atoms with E-state index in [9.17, 15) is 9.18 Å². The zero-order valence-corrected chi connectivity index (χ0v) is 17.3. The molecular formula is C22H26FN5O. The summed E-state index contributed by atoms with van der Waals surface area (Å²) in [6, 6.07) is 14.1. The minimum atomic E-state index is -0.324. The molecule has 29 heavy (non-hydrogen) atoms.